The standard InChI is InChI=1S/C23H24N4O8S2/c1-2-8-35-25-18(17-13-36-11-9-33-17)20(28)24-19-21(29)26-16(7-10-37-22(19)26)23(30)34-12-14-3-5-15(6-4-14)27(31)32/h3-7,13,19,22H,2,8-12H2,1H3,(H,24,28)/t19?,22-/m0/s1. The molecule has 0 saturated carbocycles. The molecule has 1 N–H and O–H groups in total. The maximum atomic E-state index is 13.0. The number of fused-ring (bicyclic) bond motifs is 1. The van der Waals surface area contributed by atoms with Crippen LogP contribution >= 0.6 is 23.5 Å². The summed E-state index contributed by atoms with van der Waals surface area (Å²) in [7, 11) is 0. The van der Waals surface area contributed by atoms with E-state index in [1.807, 2.05) is 6.92 Å². The number of esters is 1. The number of nitro groups is 1. The molecule has 0 radical (unpaired) electrons. The van der Waals surface area contributed by atoms with E-state index in [1.54, 1.807) is 11.5 Å². The third-order valence-electron chi connectivity index (χ3n) is 5.41. The minimum absolute atomic E-state index is 0.0500. The molecule has 14 heteroatoms. The van der Waals surface area contributed by atoms with E-state index in [4.69, 9.17) is 14.3 Å². The van der Waals surface area contributed by atoms with Gasteiger partial charge in [-0.05, 0) is 30.2 Å². The Labute approximate surface area is 220 Å². The monoisotopic (exact) mass is 548 g/mol. The lowest BCUT2D eigenvalue weighted by Crippen LogP contribution is -2.70. The van der Waals surface area contributed by atoms with E-state index in [0.717, 1.165) is 5.75 Å². The Morgan fingerprint density at radius 1 is 1.32 bits per heavy atom. The Balaban J connectivity index is 1.38. The van der Waals surface area contributed by atoms with Gasteiger partial charge < -0.3 is 19.6 Å². The summed E-state index contributed by atoms with van der Waals surface area (Å²) in [6, 6.07) is 4.76. The predicted molar refractivity (Wildman–Crippen MR) is 136 cm³/mol. The van der Waals surface area contributed by atoms with Gasteiger partial charge >= 0.3 is 5.97 Å². The SMILES string of the molecule is CCCON=C(C(=O)NC1C(=O)N2C(C(=O)OCc3ccc([N+](=O)[O-])cc3)=CCS[C@@H]12)C1=CSCCO1. The first-order valence-electron chi connectivity index (χ1n) is 11.4. The molecular weight excluding hydrogens is 524 g/mol. The number of nitro benzene ring substituents is 1. The largest absolute Gasteiger partial charge is 0.490 e. The summed E-state index contributed by atoms with van der Waals surface area (Å²) in [6.45, 7) is 2.54. The number of thioether (sulfide) groups is 2. The summed E-state index contributed by atoms with van der Waals surface area (Å²) in [6.07, 6.45) is 2.30. The lowest BCUT2D eigenvalue weighted by Gasteiger charge is -2.48. The van der Waals surface area contributed by atoms with Crippen molar-refractivity contribution in [2.24, 2.45) is 5.16 Å². The maximum Gasteiger partial charge on any atom is 0.355 e. The van der Waals surface area contributed by atoms with Crippen molar-refractivity contribution in [2.75, 3.05) is 24.7 Å². The Morgan fingerprint density at radius 2 is 2.11 bits per heavy atom. The van der Waals surface area contributed by atoms with Crippen LogP contribution in [0.2, 0.25) is 0 Å². The van der Waals surface area contributed by atoms with Crippen molar-refractivity contribution in [3.8, 4) is 0 Å². The Kier molecular flexibility index (Phi) is 8.71. The second kappa shape index (κ2) is 12.1. The summed E-state index contributed by atoms with van der Waals surface area (Å²) >= 11 is 2.88. The Morgan fingerprint density at radius 3 is 2.78 bits per heavy atom. The minimum Gasteiger partial charge on any atom is -0.490 e. The molecule has 37 heavy (non-hydrogen) atoms. The highest BCUT2D eigenvalue weighted by molar-refractivity contribution is 8.02. The van der Waals surface area contributed by atoms with Crippen molar-refractivity contribution in [3.05, 3.63) is 62.9 Å². The van der Waals surface area contributed by atoms with Crippen molar-refractivity contribution in [1.82, 2.24) is 10.2 Å². The van der Waals surface area contributed by atoms with E-state index in [9.17, 15) is 24.5 Å². The maximum absolute atomic E-state index is 13.0. The molecule has 2 amide bonds. The number of hydrogen-bond acceptors (Lipinski definition) is 11. The Bertz CT molecular complexity index is 1170. The zero-order valence-electron chi connectivity index (χ0n) is 19.8. The first-order valence-corrected chi connectivity index (χ1v) is 13.5. The molecule has 1 saturated heterocycles. The molecule has 2 atom stereocenters. The molecule has 1 aromatic carbocycles. The topological polar surface area (TPSA) is 150 Å². The van der Waals surface area contributed by atoms with Crippen molar-refractivity contribution in [2.45, 2.75) is 31.4 Å². The number of ether oxygens (including phenoxy) is 2. The van der Waals surface area contributed by atoms with Crippen LogP contribution in [0.1, 0.15) is 18.9 Å². The molecule has 3 aliphatic heterocycles. The van der Waals surface area contributed by atoms with E-state index in [-0.39, 0.29) is 29.5 Å². The van der Waals surface area contributed by atoms with Gasteiger partial charge in [0.05, 0.1) is 11.5 Å². The molecule has 3 heterocycles. The zero-order valence-corrected chi connectivity index (χ0v) is 21.4. The van der Waals surface area contributed by atoms with E-state index in [0.29, 0.717) is 31.0 Å². The second-order valence-electron chi connectivity index (χ2n) is 7.95. The summed E-state index contributed by atoms with van der Waals surface area (Å²) < 4.78 is 10.9. The van der Waals surface area contributed by atoms with Gasteiger partial charge in [-0.25, -0.2) is 4.79 Å². The fourth-order valence-corrected chi connectivity index (χ4v) is 5.39. The molecule has 12 nitrogen and oxygen atoms in total. The Hall–Kier alpha value is -3.52. The number of carbonyl (C=O) groups excluding carboxylic acids is 3. The summed E-state index contributed by atoms with van der Waals surface area (Å²) in [5.41, 5.74) is 0.539. The second-order valence-corrected chi connectivity index (χ2v) is 10.1. The van der Waals surface area contributed by atoms with Gasteiger partial charge in [0.1, 0.15) is 30.3 Å². The third kappa shape index (κ3) is 6.07. The smallest absolute Gasteiger partial charge is 0.355 e. The van der Waals surface area contributed by atoms with Crippen molar-refractivity contribution in [1.29, 1.82) is 0 Å². The van der Waals surface area contributed by atoms with Gasteiger partial charge in [0, 0.05) is 29.0 Å². The molecular formula is C23H24N4O8S2. The van der Waals surface area contributed by atoms with Gasteiger partial charge in [-0.15, -0.1) is 23.5 Å². The molecule has 1 aromatic rings. The fraction of sp³-hybridized carbons (Fsp3) is 0.391. The number of β-lactam (4-membered cyclic amide) rings is 1. The van der Waals surface area contributed by atoms with Crippen molar-refractivity contribution in [3.63, 3.8) is 0 Å². The van der Waals surface area contributed by atoms with Crippen LogP contribution in [0.5, 0.6) is 0 Å². The first-order chi connectivity index (χ1) is 17.9. The van der Waals surface area contributed by atoms with E-state index in [1.165, 1.54) is 52.7 Å². The molecule has 0 aromatic heterocycles. The van der Waals surface area contributed by atoms with Crippen LogP contribution in [-0.2, 0) is 35.3 Å². The summed E-state index contributed by atoms with van der Waals surface area (Å²) in [5, 5.41) is 18.6. The van der Waals surface area contributed by atoms with Gasteiger partial charge in [0.25, 0.3) is 17.5 Å². The highest BCUT2D eigenvalue weighted by Crippen LogP contribution is 2.38. The van der Waals surface area contributed by atoms with Crippen molar-refractivity contribution < 1.29 is 33.6 Å². The number of benzene rings is 1. The van der Waals surface area contributed by atoms with Gasteiger partial charge in [-0.1, -0.05) is 12.1 Å². The third-order valence-corrected chi connectivity index (χ3v) is 7.37. The van der Waals surface area contributed by atoms with Gasteiger partial charge in [-0.3, -0.25) is 24.6 Å². The van der Waals surface area contributed by atoms with Crippen LogP contribution in [0, 0.1) is 10.1 Å². The zero-order chi connectivity index (χ0) is 26.4. The molecule has 196 valence electrons. The number of nitrogens with one attached hydrogen (secondary N) is 1. The van der Waals surface area contributed by atoms with E-state index in [2.05, 4.69) is 10.5 Å². The van der Waals surface area contributed by atoms with Gasteiger partial charge in [-0.2, -0.15) is 0 Å². The van der Waals surface area contributed by atoms with Crippen LogP contribution in [0.15, 0.2) is 52.4 Å². The average Bonchev–Trinajstić information content (AvgIpc) is 2.92. The number of rotatable bonds is 10. The summed E-state index contributed by atoms with van der Waals surface area (Å²) in [4.78, 5) is 55.5. The lowest BCUT2D eigenvalue weighted by atomic mass is 10.0. The van der Waals surface area contributed by atoms with Crippen LogP contribution in [0.4, 0.5) is 5.69 Å². The van der Waals surface area contributed by atoms with Crippen LogP contribution in [-0.4, -0.2) is 69.5 Å². The molecule has 0 aliphatic carbocycles. The number of carbonyl (C=O) groups is 3. The number of hydrogen-bond donors (Lipinski definition) is 1. The first kappa shape index (κ1) is 26.5. The number of non-ortho nitro benzene ring substituents is 1. The number of nitrogens with zero attached hydrogens (tertiary/aromatic N) is 3. The van der Waals surface area contributed by atoms with Crippen molar-refractivity contribution >= 4 is 52.7 Å². The highest BCUT2D eigenvalue weighted by atomic mass is 32.2. The number of oxime groups is 1. The molecule has 1 unspecified atom stereocenters. The lowest BCUT2D eigenvalue weighted by molar-refractivity contribution is -0.384. The molecule has 0 spiro atoms. The average molecular weight is 549 g/mol. The van der Waals surface area contributed by atoms with Crippen LogP contribution in [0.3, 0.4) is 0 Å². The van der Waals surface area contributed by atoms with Crippen LogP contribution in [0.25, 0.3) is 0 Å². The molecule has 4 rings (SSSR count). The van der Waals surface area contributed by atoms with E-state index >= 15 is 0 Å². The van der Waals surface area contributed by atoms with Gasteiger partial charge in [0.15, 0.2) is 5.76 Å². The normalized spacial score (nSPS) is 20.9. The number of amides is 2. The molecule has 0 bridgehead atoms. The highest BCUT2D eigenvalue weighted by Gasteiger charge is 2.53. The van der Waals surface area contributed by atoms with E-state index < -0.39 is 34.1 Å². The summed E-state index contributed by atoms with van der Waals surface area (Å²) in [5.74, 6) is -0.298. The van der Waals surface area contributed by atoms with Crippen LogP contribution < -0.4 is 5.32 Å². The van der Waals surface area contributed by atoms with Gasteiger partial charge in [0.2, 0.25) is 5.71 Å². The quantitative estimate of drug-likeness (QED) is 0.115. The minimum atomic E-state index is -0.864. The molecule has 1 fully saturated rings. The molecule has 3 aliphatic rings. The fourth-order valence-electron chi connectivity index (χ4n) is 3.57. The predicted octanol–water partition coefficient (Wildman–Crippen LogP) is 2.31.